The Morgan fingerprint density at radius 3 is 2.94 bits per heavy atom. The summed E-state index contributed by atoms with van der Waals surface area (Å²) >= 11 is 0. The number of benzene rings is 1. The van der Waals surface area contributed by atoms with Gasteiger partial charge in [-0.05, 0) is 23.8 Å². The highest BCUT2D eigenvalue weighted by Crippen LogP contribution is 2.25. The predicted molar refractivity (Wildman–Crippen MR) is 68.7 cm³/mol. The van der Waals surface area contributed by atoms with Gasteiger partial charge in [-0.3, -0.25) is 9.78 Å². The van der Waals surface area contributed by atoms with Gasteiger partial charge in [0.05, 0.1) is 0 Å². The zero-order valence-electron chi connectivity index (χ0n) is 9.05. The van der Waals surface area contributed by atoms with Crippen molar-refractivity contribution in [1.82, 2.24) is 9.97 Å². The van der Waals surface area contributed by atoms with Crippen LogP contribution in [-0.2, 0) is 4.79 Å². The molecule has 3 heteroatoms. The number of nitrogens with one attached hydrogen (secondary N) is 1. The highest BCUT2D eigenvalue weighted by atomic mass is 16.1. The third-order valence-corrected chi connectivity index (χ3v) is 2.79. The standard InChI is InChI=1S/C14H10N2O/c17-7-1-2-10-3-4-11-12-9-15-6-5-13(12)16-14(11)8-10/h1-9,16H/b2-1+. The fourth-order valence-electron chi connectivity index (χ4n) is 2.02. The minimum Gasteiger partial charge on any atom is -0.354 e. The first kappa shape index (κ1) is 9.78. The van der Waals surface area contributed by atoms with Crippen LogP contribution in [0.4, 0.5) is 0 Å². The Hall–Kier alpha value is -2.42. The quantitative estimate of drug-likeness (QED) is 0.535. The molecule has 0 radical (unpaired) electrons. The van der Waals surface area contributed by atoms with E-state index < -0.39 is 0 Å². The normalized spacial score (nSPS) is 11.5. The summed E-state index contributed by atoms with van der Waals surface area (Å²) < 4.78 is 0. The third kappa shape index (κ3) is 1.61. The van der Waals surface area contributed by atoms with Gasteiger partial charge in [-0.25, -0.2) is 0 Å². The van der Waals surface area contributed by atoms with E-state index in [9.17, 15) is 4.79 Å². The maximum atomic E-state index is 10.3. The molecule has 0 fully saturated rings. The van der Waals surface area contributed by atoms with E-state index in [2.05, 4.69) is 9.97 Å². The largest absolute Gasteiger partial charge is 0.354 e. The molecule has 17 heavy (non-hydrogen) atoms. The molecule has 2 aromatic heterocycles. The van der Waals surface area contributed by atoms with Crippen LogP contribution in [0.1, 0.15) is 5.56 Å². The molecule has 0 spiro atoms. The minimum absolute atomic E-state index is 0.777. The predicted octanol–water partition coefficient (Wildman–Crippen LogP) is 2.93. The van der Waals surface area contributed by atoms with Crippen LogP contribution in [0.5, 0.6) is 0 Å². The van der Waals surface area contributed by atoms with Crippen molar-refractivity contribution in [2.75, 3.05) is 0 Å². The van der Waals surface area contributed by atoms with Gasteiger partial charge < -0.3 is 4.98 Å². The van der Waals surface area contributed by atoms with Crippen LogP contribution >= 0.6 is 0 Å². The summed E-state index contributed by atoms with van der Waals surface area (Å²) in [5, 5.41) is 2.27. The average molecular weight is 222 g/mol. The van der Waals surface area contributed by atoms with Crippen LogP contribution in [0.2, 0.25) is 0 Å². The monoisotopic (exact) mass is 222 g/mol. The van der Waals surface area contributed by atoms with Crippen LogP contribution in [0.25, 0.3) is 27.9 Å². The molecule has 0 bridgehead atoms. The molecule has 82 valence electrons. The van der Waals surface area contributed by atoms with Gasteiger partial charge in [-0.15, -0.1) is 0 Å². The Kier molecular flexibility index (Phi) is 2.22. The first-order valence-corrected chi connectivity index (χ1v) is 5.36. The van der Waals surface area contributed by atoms with E-state index in [0.717, 1.165) is 33.7 Å². The van der Waals surface area contributed by atoms with Crippen molar-refractivity contribution in [3.8, 4) is 0 Å². The van der Waals surface area contributed by atoms with Crippen LogP contribution < -0.4 is 0 Å². The van der Waals surface area contributed by atoms with Gasteiger partial charge in [0, 0.05) is 34.2 Å². The molecule has 3 nitrogen and oxygen atoms in total. The zero-order chi connectivity index (χ0) is 11.7. The summed E-state index contributed by atoms with van der Waals surface area (Å²) in [6, 6.07) is 8.01. The molecule has 0 amide bonds. The summed E-state index contributed by atoms with van der Waals surface area (Å²) in [4.78, 5) is 17.7. The topological polar surface area (TPSA) is 45.8 Å². The molecule has 3 aromatic rings. The molecule has 0 aliphatic carbocycles. The van der Waals surface area contributed by atoms with E-state index in [1.165, 1.54) is 6.08 Å². The van der Waals surface area contributed by atoms with Crippen molar-refractivity contribution in [1.29, 1.82) is 0 Å². The number of aldehydes is 1. The average Bonchev–Trinajstić information content (AvgIpc) is 2.74. The van der Waals surface area contributed by atoms with Gasteiger partial charge in [-0.2, -0.15) is 0 Å². The van der Waals surface area contributed by atoms with Gasteiger partial charge in [0.25, 0.3) is 0 Å². The first-order chi connectivity index (χ1) is 8.38. The lowest BCUT2D eigenvalue weighted by Crippen LogP contribution is -1.73. The van der Waals surface area contributed by atoms with Crippen molar-refractivity contribution >= 4 is 34.2 Å². The van der Waals surface area contributed by atoms with Crippen molar-refractivity contribution < 1.29 is 4.79 Å². The van der Waals surface area contributed by atoms with Crippen LogP contribution in [-0.4, -0.2) is 16.3 Å². The van der Waals surface area contributed by atoms with E-state index in [1.807, 2.05) is 30.5 Å². The number of aromatic amines is 1. The van der Waals surface area contributed by atoms with Gasteiger partial charge in [-0.1, -0.05) is 18.2 Å². The lowest BCUT2D eigenvalue weighted by Gasteiger charge is -1.93. The summed E-state index contributed by atoms with van der Waals surface area (Å²) in [5.41, 5.74) is 3.14. The van der Waals surface area contributed by atoms with Gasteiger partial charge in [0.15, 0.2) is 0 Å². The van der Waals surface area contributed by atoms with Crippen LogP contribution in [0.3, 0.4) is 0 Å². The number of H-pyrrole nitrogens is 1. The molecule has 1 N–H and O–H groups in total. The molecule has 0 aliphatic heterocycles. The maximum absolute atomic E-state index is 10.3. The summed E-state index contributed by atoms with van der Waals surface area (Å²) in [6.45, 7) is 0. The second-order valence-corrected chi connectivity index (χ2v) is 3.85. The van der Waals surface area contributed by atoms with Crippen molar-refractivity contribution in [3.63, 3.8) is 0 Å². The van der Waals surface area contributed by atoms with E-state index in [1.54, 1.807) is 12.3 Å². The Balaban J connectivity index is 2.26. The summed E-state index contributed by atoms with van der Waals surface area (Å²) in [6.07, 6.45) is 7.68. The highest BCUT2D eigenvalue weighted by molar-refractivity contribution is 6.07. The smallest absolute Gasteiger partial charge is 0.142 e. The lowest BCUT2D eigenvalue weighted by atomic mass is 10.1. The Morgan fingerprint density at radius 1 is 1.12 bits per heavy atom. The second kappa shape index (κ2) is 3.87. The lowest BCUT2D eigenvalue weighted by molar-refractivity contribution is -0.104. The number of carbonyl (C=O) groups excluding carboxylic acids is 1. The van der Waals surface area contributed by atoms with Crippen LogP contribution in [0.15, 0.2) is 42.7 Å². The van der Waals surface area contributed by atoms with Crippen molar-refractivity contribution in [2.45, 2.75) is 0 Å². The van der Waals surface area contributed by atoms with Crippen molar-refractivity contribution in [3.05, 3.63) is 48.3 Å². The minimum atomic E-state index is 0.777. The molecule has 3 rings (SSSR count). The molecule has 0 unspecified atom stereocenters. The number of carbonyl (C=O) groups is 1. The van der Waals surface area contributed by atoms with E-state index >= 15 is 0 Å². The summed E-state index contributed by atoms with van der Waals surface area (Å²) in [7, 11) is 0. The number of hydrogen-bond acceptors (Lipinski definition) is 2. The Morgan fingerprint density at radius 2 is 2.06 bits per heavy atom. The molecule has 0 saturated heterocycles. The maximum Gasteiger partial charge on any atom is 0.142 e. The van der Waals surface area contributed by atoms with Gasteiger partial charge in [0.1, 0.15) is 6.29 Å². The number of allylic oxidation sites excluding steroid dienone is 1. The second-order valence-electron chi connectivity index (χ2n) is 3.85. The van der Waals surface area contributed by atoms with Crippen LogP contribution in [0, 0.1) is 0 Å². The SMILES string of the molecule is O=C/C=C/c1ccc2c(c1)[nH]c1ccncc12. The zero-order valence-corrected chi connectivity index (χ0v) is 9.05. The van der Waals surface area contributed by atoms with E-state index in [4.69, 9.17) is 0 Å². The van der Waals surface area contributed by atoms with Crippen molar-refractivity contribution in [2.24, 2.45) is 0 Å². The molecule has 2 heterocycles. The number of nitrogens with zero attached hydrogens (tertiary/aromatic N) is 1. The molecule has 0 aliphatic rings. The number of hydrogen-bond donors (Lipinski definition) is 1. The Bertz CT molecular complexity index is 725. The van der Waals surface area contributed by atoms with Gasteiger partial charge in [0.2, 0.25) is 0 Å². The molecule has 1 aromatic carbocycles. The fourth-order valence-corrected chi connectivity index (χ4v) is 2.02. The van der Waals surface area contributed by atoms with E-state index in [-0.39, 0.29) is 0 Å². The van der Waals surface area contributed by atoms with Gasteiger partial charge >= 0.3 is 0 Å². The number of pyridine rings is 1. The number of rotatable bonds is 2. The number of fused-ring (bicyclic) bond motifs is 3. The van der Waals surface area contributed by atoms with E-state index in [0.29, 0.717) is 0 Å². The molecular weight excluding hydrogens is 212 g/mol. The fraction of sp³-hybridized carbons (Fsp3) is 0. The molecule has 0 atom stereocenters. The summed E-state index contributed by atoms with van der Waals surface area (Å²) in [5.74, 6) is 0. The molecule has 0 saturated carbocycles. The third-order valence-electron chi connectivity index (χ3n) is 2.79. The number of aromatic nitrogens is 2. The molecular formula is C14H10N2O. The first-order valence-electron chi connectivity index (χ1n) is 5.36. The Labute approximate surface area is 97.8 Å². The highest BCUT2D eigenvalue weighted by Gasteiger charge is 2.03.